The second-order valence-corrected chi connectivity index (χ2v) is 4.77. The van der Waals surface area contributed by atoms with Crippen LogP contribution < -0.4 is 10.3 Å². The molecule has 1 unspecified atom stereocenters. The lowest BCUT2D eigenvalue weighted by atomic mass is 10.0. The van der Waals surface area contributed by atoms with Crippen molar-refractivity contribution in [2.75, 3.05) is 7.11 Å². The Morgan fingerprint density at radius 2 is 2.05 bits per heavy atom. The van der Waals surface area contributed by atoms with Gasteiger partial charge in [-0.25, -0.2) is 4.68 Å². The van der Waals surface area contributed by atoms with Gasteiger partial charge in [0, 0.05) is 12.1 Å². The molecule has 0 bridgehead atoms. The Hall–Kier alpha value is -2.14. The number of hydrogen-bond donors (Lipinski definition) is 1. The van der Waals surface area contributed by atoms with Crippen molar-refractivity contribution in [1.29, 1.82) is 0 Å². The van der Waals surface area contributed by atoms with Gasteiger partial charge in [-0.15, -0.1) is 5.10 Å². The van der Waals surface area contributed by atoms with Gasteiger partial charge in [0.1, 0.15) is 0 Å². The van der Waals surface area contributed by atoms with Gasteiger partial charge in [0.2, 0.25) is 5.88 Å². The molecule has 0 spiro atoms. The molecule has 1 aromatic carbocycles. The first-order valence-corrected chi connectivity index (χ1v) is 6.38. The minimum atomic E-state index is -0.784. The molecule has 20 heavy (non-hydrogen) atoms. The quantitative estimate of drug-likeness (QED) is 0.919. The van der Waals surface area contributed by atoms with Crippen molar-refractivity contribution in [3.63, 3.8) is 0 Å². The van der Waals surface area contributed by atoms with E-state index in [-0.39, 0.29) is 12.1 Å². The van der Waals surface area contributed by atoms with E-state index in [4.69, 9.17) is 4.74 Å². The molecule has 2 aromatic rings. The van der Waals surface area contributed by atoms with Gasteiger partial charge in [-0.3, -0.25) is 4.79 Å². The minimum Gasteiger partial charge on any atom is -0.480 e. The molecule has 1 heterocycles. The van der Waals surface area contributed by atoms with Crippen molar-refractivity contribution in [2.45, 2.75) is 26.5 Å². The van der Waals surface area contributed by atoms with Gasteiger partial charge in [0.15, 0.2) is 0 Å². The van der Waals surface area contributed by atoms with Gasteiger partial charge in [0.05, 0.1) is 19.8 Å². The van der Waals surface area contributed by atoms with Crippen LogP contribution in [0.3, 0.4) is 0 Å². The number of aliphatic hydroxyl groups excluding tert-OH is 1. The standard InChI is InChI=1S/C15H18N2O3/c1-10-4-5-12(11(2)8-10)13(18)9-17-15(19)7-6-14(16-17)20-3/h4-8,13,18H,9H2,1-3H3. The summed E-state index contributed by atoms with van der Waals surface area (Å²) in [7, 11) is 1.48. The smallest absolute Gasteiger partial charge is 0.267 e. The first kappa shape index (κ1) is 14.3. The summed E-state index contributed by atoms with van der Waals surface area (Å²) in [6.45, 7) is 4.03. The number of aliphatic hydroxyl groups is 1. The Balaban J connectivity index is 2.27. The number of aromatic nitrogens is 2. The predicted octanol–water partition coefficient (Wildman–Crippen LogP) is 1.60. The van der Waals surface area contributed by atoms with E-state index in [0.717, 1.165) is 16.7 Å². The average Bonchev–Trinajstić information content (AvgIpc) is 2.41. The molecule has 0 saturated carbocycles. The van der Waals surface area contributed by atoms with E-state index in [1.807, 2.05) is 32.0 Å². The summed E-state index contributed by atoms with van der Waals surface area (Å²) in [6.07, 6.45) is -0.784. The maximum absolute atomic E-state index is 11.7. The summed E-state index contributed by atoms with van der Waals surface area (Å²) >= 11 is 0. The van der Waals surface area contributed by atoms with E-state index in [2.05, 4.69) is 5.10 Å². The zero-order valence-electron chi connectivity index (χ0n) is 11.8. The van der Waals surface area contributed by atoms with E-state index in [1.165, 1.54) is 23.9 Å². The number of benzene rings is 1. The fourth-order valence-corrected chi connectivity index (χ4v) is 2.13. The Morgan fingerprint density at radius 1 is 1.30 bits per heavy atom. The van der Waals surface area contributed by atoms with E-state index >= 15 is 0 Å². The number of methoxy groups -OCH3 is 1. The van der Waals surface area contributed by atoms with Crippen LogP contribution in [0.2, 0.25) is 0 Å². The summed E-state index contributed by atoms with van der Waals surface area (Å²) in [4.78, 5) is 11.7. The summed E-state index contributed by atoms with van der Waals surface area (Å²) in [5, 5.41) is 14.3. The third-order valence-electron chi connectivity index (χ3n) is 3.18. The van der Waals surface area contributed by atoms with E-state index in [9.17, 15) is 9.90 Å². The zero-order valence-corrected chi connectivity index (χ0v) is 11.8. The number of hydrogen-bond acceptors (Lipinski definition) is 4. The third-order valence-corrected chi connectivity index (χ3v) is 3.18. The molecule has 1 atom stereocenters. The Morgan fingerprint density at radius 3 is 2.70 bits per heavy atom. The molecule has 106 valence electrons. The van der Waals surface area contributed by atoms with Crippen LogP contribution in [0.1, 0.15) is 22.8 Å². The van der Waals surface area contributed by atoms with Gasteiger partial charge in [-0.05, 0) is 25.0 Å². The highest BCUT2D eigenvalue weighted by atomic mass is 16.5. The second kappa shape index (κ2) is 5.88. The summed E-state index contributed by atoms with van der Waals surface area (Å²) in [6, 6.07) is 8.69. The molecule has 0 aliphatic heterocycles. The largest absolute Gasteiger partial charge is 0.480 e. The highest BCUT2D eigenvalue weighted by molar-refractivity contribution is 5.31. The Labute approximate surface area is 117 Å². The average molecular weight is 274 g/mol. The molecule has 5 nitrogen and oxygen atoms in total. The molecule has 0 fully saturated rings. The summed E-state index contributed by atoms with van der Waals surface area (Å²) in [5.74, 6) is 0.345. The fraction of sp³-hybridized carbons (Fsp3) is 0.333. The van der Waals surface area contributed by atoms with Crippen LogP contribution in [0.5, 0.6) is 5.88 Å². The zero-order chi connectivity index (χ0) is 14.7. The first-order chi connectivity index (χ1) is 9.51. The van der Waals surface area contributed by atoms with Crippen molar-refractivity contribution >= 4 is 0 Å². The van der Waals surface area contributed by atoms with Gasteiger partial charge in [-0.1, -0.05) is 23.8 Å². The van der Waals surface area contributed by atoms with E-state index in [0.29, 0.717) is 5.88 Å². The van der Waals surface area contributed by atoms with Crippen LogP contribution in [-0.4, -0.2) is 22.0 Å². The molecular formula is C15H18N2O3. The topological polar surface area (TPSA) is 64.3 Å². The monoisotopic (exact) mass is 274 g/mol. The number of ether oxygens (including phenoxy) is 1. The van der Waals surface area contributed by atoms with Gasteiger partial charge in [-0.2, -0.15) is 0 Å². The lowest BCUT2D eigenvalue weighted by Crippen LogP contribution is -2.25. The maximum Gasteiger partial charge on any atom is 0.267 e. The van der Waals surface area contributed by atoms with Crippen LogP contribution in [0, 0.1) is 13.8 Å². The van der Waals surface area contributed by atoms with Crippen LogP contribution in [0.4, 0.5) is 0 Å². The molecule has 0 saturated heterocycles. The highest BCUT2D eigenvalue weighted by Crippen LogP contribution is 2.20. The number of nitrogens with zero attached hydrogens (tertiary/aromatic N) is 2. The fourth-order valence-electron chi connectivity index (χ4n) is 2.13. The minimum absolute atomic E-state index is 0.0972. The SMILES string of the molecule is COc1ccc(=O)n(CC(O)c2ccc(C)cc2C)n1. The highest BCUT2D eigenvalue weighted by Gasteiger charge is 2.13. The van der Waals surface area contributed by atoms with Gasteiger partial charge < -0.3 is 9.84 Å². The molecule has 5 heteroatoms. The summed E-state index contributed by atoms with van der Waals surface area (Å²) in [5.41, 5.74) is 2.66. The molecule has 1 N–H and O–H groups in total. The van der Waals surface area contributed by atoms with E-state index < -0.39 is 6.10 Å². The molecule has 0 radical (unpaired) electrons. The lowest BCUT2D eigenvalue weighted by Gasteiger charge is -2.15. The van der Waals surface area contributed by atoms with Crippen LogP contribution in [0.25, 0.3) is 0 Å². The van der Waals surface area contributed by atoms with Crippen LogP contribution >= 0.6 is 0 Å². The molecule has 1 aromatic heterocycles. The lowest BCUT2D eigenvalue weighted by molar-refractivity contribution is 0.147. The number of aryl methyl sites for hydroxylation is 2. The van der Waals surface area contributed by atoms with Crippen molar-refractivity contribution < 1.29 is 9.84 Å². The van der Waals surface area contributed by atoms with Crippen molar-refractivity contribution in [1.82, 2.24) is 9.78 Å². The predicted molar refractivity (Wildman–Crippen MR) is 75.9 cm³/mol. The van der Waals surface area contributed by atoms with Crippen molar-refractivity contribution in [2.24, 2.45) is 0 Å². The molecule has 0 amide bonds. The van der Waals surface area contributed by atoms with Gasteiger partial charge in [0.25, 0.3) is 5.56 Å². The van der Waals surface area contributed by atoms with Crippen molar-refractivity contribution in [3.05, 3.63) is 57.4 Å². The van der Waals surface area contributed by atoms with Crippen LogP contribution in [0.15, 0.2) is 35.1 Å². The third kappa shape index (κ3) is 3.05. The Kier molecular flexibility index (Phi) is 4.20. The molecule has 0 aliphatic rings. The van der Waals surface area contributed by atoms with E-state index in [1.54, 1.807) is 0 Å². The number of rotatable bonds is 4. The molecular weight excluding hydrogens is 256 g/mol. The van der Waals surface area contributed by atoms with Gasteiger partial charge >= 0.3 is 0 Å². The molecule has 0 aliphatic carbocycles. The van der Waals surface area contributed by atoms with Crippen molar-refractivity contribution in [3.8, 4) is 5.88 Å². The van der Waals surface area contributed by atoms with Crippen LogP contribution in [-0.2, 0) is 6.54 Å². The Bertz CT molecular complexity index is 664. The maximum atomic E-state index is 11.7. The normalized spacial score (nSPS) is 12.2. The molecule has 2 rings (SSSR count). The summed E-state index contributed by atoms with van der Waals surface area (Å²) < 4.78 is 6.20. The first-order valence-electron chi connectivity index (χ1n) is 6.38. The second-order valence-electron chi connectivity index (χ2n) is 4.77.